The zero-order chi connectivity index (χ0) is 14.6. The Morgan fingerprint density at radius 3 is 2.57 bits per heavy atom. The van der Waals surface area contributed by atoms with Crippen molar-refractivity contribution >= 4 is 13.3 Å². The van der Waals surface area contributed by atoms with E-state index in [0.717, 1.165) is 5.54 Å². The highest BCUT2D eigenvalue weighted by molar-refractivity contribution is 7.01. The predicted octanol–water partition coefficient (Wildman–Crippen LogP) is 5.61. The van der Waals surface area contributed by atoms with E-state index in [1.165, 1.54) is 24.0 Å². The van der Waals surface area contributed by atoms with Crippen molar-refractivity contribution in [2.75, 3.05) is 0 Å². The first kappa shape index (κ1) is 13.1. The lowest BCUT2D eigenvalue weighted by Gasteiger charge is -2.40. The first-order chi connectivity index (χ1) is 10.2. The van der Waals surface area contributed by atoms with Crippen LogP contribution in [0, 0.1) is 6.07 Å². The quantitative estimate of drug-likeness (QED) is 0.645. The molecule has 1 heteroatoms. The van der Waals surface area contributed by atoms with Gasteiger partial charge < -0.3 is 0 Å². The van der Waals surface area contributed by atoms with Crippen molar-refractivity contribution in [1.29, 1.82) is 0 Å². The molecule has 0 fully saturated rings. The third kappa shape index (κ3) is 1.61. The van der Waals surface area contributed by atoms with Gasteiger partial charge >= 0.3 is 0 Å². The lowest BCUT2D eigenvalue weighted by Crippen LogP contribution is -2.41. The molecule has 2 heterocycles. The molecule has 3 aliphatic rings. The minimum absolute atomic E-state index is 0.777. The molecule has 5 rings (SSSR count). The predicted molar refractivity (Wildman–Crippen MR) is 92.8 cm³/mol. The third-order valence-corrected chi connectivity index (χ3v) is 9.17. The van der Waals surface area contributed by atoms with E-state index in [9.17, 15) is 0 Å². The number of hydrogen-bond acceptors (Lipinski definition) is 0. The molecule has 0 nitrogen and oxygen atoms in total. The molecule has 1 aliphatic carbocycles. The molecule has 105 valence electrons. The summed E-state index contributed by atoms with van der Waals surface area (Å²) in [5, 5.41) is 1.75. The minimum atomic E-state index is -1.26. The Bertz CT molecular complexity index is 738. The van der Waals surface area contributed by atoms with Gasteiger partial charge in [-0.15, -0.1) is 0 Å². The molecule has 2 aromatic carbocycles. The number of hydrogen-bond donors (Lipinski definition) is 0. The van der Waals surface area contributed by atoms with Gasteiger partial charge in [0.1, 0.15) is 0 Å². The normalized spacial score (nSPS) is 21.2. The molecule has 21 heavy (non-hydrogen) atoms. The van der Waals surface area contributed by atoms with Crippen LogP contribution in [0.3, 0.4) is 0 Å². The van der Waals surface area contributed by atoms with Crippen LogP contribution < -0.4 is 0 Å². The first-order valence-corrected chi connectivity index (χ1v) is 11.1. The monoisotopic (exact) mass is 289 g/mol. The van der Waals surface area contributed by atoms with Crippen molar-refractivity contribution in [3.8, 4) is 11.1 Å². The van der Waals surface area contributed by atoms with Crippen molar-refractivity contribution < 1.29 is 0 Å². The average Bonchev–Trinajstić information content (AvgIpc) is 2.96. The van der Waals surface area contributed by atoms with Crippen LogP contribution in [-0.4, -0.2) is 8.07 Å². The molecule has 2 aliphatic heterocycles. The van der Waals surface area contributed by atoms with E-state index in [2.05, 4.69) is 68.5 Å². The summed E-state index contributed by atoms with van der Waals surface area (Å²) >= 11 is 0. The largest absolute Gasteiger partial charge is 0.0930 e. The maximum Gasteiger partial charge on any atom is 0.0930 e. The summed E-state index contributed by atoms with van der Waals surface area (Å²) < 4.78 is 0. The Morgan fingerprint density at radius 1 is 1.10 bits per heavy atom. The van der Waals surface area contributed by atoms with Gasteiger partial charge in [0.15, 0.2) is 0 Å². The second kappa shape index (κ2) is 4.44. The Balaban J connectivity index is 1.94. The van der Waals surface area contributed by atoms with Gasteiger partial charge in [0.25, 0.3) is 0 Å². The van der Waals surface area contributed by atoms with E-state index in [1.807, 2.05) is 0 Å². The van der Waals surface area contributed by atoms with Gasteiger partial charge in [0.05, 0.1) is 8.07 Å². The van der Waals surface area contributed by atoms with Crippen LogP contribution in [0.4, 0.5) is 0 Å². The molecule has 0 amide bonds. The van der Waals surface area contributed by atoms with Gasteiger partial charge in [0.2, 0.25) is 0 Å². The summed E-state index contributed by atoms with van der Waals surface area (Å²) in [4.78, 5) is 0. The Kier molecular flexibility index (Phi) is 2.77. The van der Waals surface area contributed by atoms with E-state index in [4.69, 9.17) is 0 Å². The van der Waals surface area contributed by atoms with Crippen molar-refractivity contribution in [2.45, 2.75) is 38.4 Å². The van der Waals surface area contributed by atoms with Crippen LogP contribution in [0.1, 0.15) is 36.4 Å². The molecule has 1 atom stereocenters. The molecule has 1 radical (unpaired) electrons. The molecule has 0 saturated carbocycles. The van der Waals surface area contributed by atoms with E-state index in [0.29, 0.717) is 0 Å². The van der Waals surface area contributed by atoms with Crippen molar-refractivity contribution in [3.05, 3.63) is 65.2 Å². The zero-order valence-electron chi connectivity index (χ0n) is 13.0. The van der Waals surface area contributed by atoms with Crippen molar-refractivity contribution in [3.63, 3.8) is 0 Å². The molecule has 0 saturated heterocycles. The van der Waals surface area contributed by atoms with E-state index in [-0.39, 0.29) is 0 Å². The Labute approximate surface area is 128 Å². The lowest BCUT2D eigenvalue weighted by atomic mass is 9.97. The second-order valence-electron chi connectivity index (χ2n) is 6.85. The van der Waals surface area contributed by atoms with Crippen LogP contribution in [0.5, 0.6) is 0 Å². The molecule has 0 aromatic heterocycles. The number of allylic oxidation sites excluding steroid dienone is 1. The first-order valence-electron chi connectivity index (χ1n) is 8.00. The fourth-order valence-electron chi connectivity index (χ4n) is 4.52. The number of benzene rings is 2. The van der Waals surface area contributed by atoms with E-state index < -0.39 is 8.07 Å². The second-order valence-corrected chi connectivity index (χ2v) is 11.4. The van der Waals surface area contributed by atoms with Gasteiger partial charge in [-0.1, -0.05) is 79.7 Å². The average molecular weight is 289 g/mol. The molecular formula is C20H21Si. The molecule has 0 N–H and O–H groups in total. The lowest BCUT2D eigenvalue weighted by molar-refractivity contribution is 0.848. The maximum absolute atomic E-state index is 3.53. The van der Waals surface area contributed by atoms with Crippen LogP contribution in [0.2, 0.25) is 13.1 Å². The standard InChI is InChI=1S/C20H21Si/c1-4-9-17-19-16-13-8-12-15(14-10-6-5-7-11-14)18(16)20(17)21(19,2)3/h5-8,10-11,13,19H,4,9H2,1-3H3. The fourth-order valence-corrected chi connectivity index (χ4v) is 8.76. The molecule has 0 spiro atoms. The van der Waals surface area contributed by atoms with Gasteiger partial charge in [-0.3, -0.25) is 0 Å². The SMILES string of the molecule is CCCC1=C2c3c(-c4ccccc4)[c]ccc3C1[Si]2(C)C. The Hall–Kier alpha value is -1.60. The highest BCUT2D eigenvalue weighted by Gasteiger charge is 2.56. The summed E-state index contributed by atoms with van der Waals surface area (Å²) in [6.45, 7) is 7.39. The van der Waals surface area contributed by atoms with Crippen molar-refractivity contribution in [2.24, 2.45) is 0 Å². The summed E-state index contributed by atoms with van der Waals surface area (Å²) in [6.07, 6.45) is 2.54. The van der Waals surface area contributed by atoms with Crippen molar-refractivity contribution in [1.82, 2.24) is 0 Å². The molecule has 1 unspecified atom stereocenters. The van der Waals surface area contributed by atoms with Gasteiger partial charge in [-0.2, -0.15) is 0 Å². The van der Waals surface area contributed by atoms with Crippen LogP contribution in [0.25, 0.3) is 16.3 Å². The van der Waals surface area contributed by atoms with Crippen LogP contribution in [0.15, 0.2) is 48.0 Å². The summed E-state index contributed by atoms with van der Waals surface area (Å²) in [7, 11) is -1.26. The Morgan fingerprint density at radius 2 is 1.86 bits per heavy atom. The van der Waals surface area contributed by atoms with Gasteiger partial charge in [0, 0.05) is 5.54 Å². The summed E-state index contributed by atoms with van der Waals surface area (Å²) in [5.74, 6) is 0. The summed E-state index contributed by atoms with van der Waals surface area (Å²) in [5.41, 5.74) is 8.32. The summed E-state index contributed by atoms with van der Waals surface area (Å²) in [6, 6.07) is 18.8. The third-order valence-electron chi connectivity index (χ3n) is 5.21. The van der Waals surface area contributed by atoms with Gasteiger partial charge in [-0.05, 0) is 34.7 Å². The highest BCUT2D eigenvalue weighted by atomic mass is 28.3. The maximum atomic E-state index is 3.53. The zero-order valence-corrected chi connectivity index (χ0v) is 14.0. The number of rotatable bonds is 3. The van der Waals surface area contributed by atoms with E-state index in [1.54, 1.807) is 21.9 Å². The topological polar surface area (TPSA) is 0 Å². The molecule has 2 aromatic rings. The minimum Gasteiger partial charge on any atom is -0.0651 e. The van der Waals surface area contributed by atoms with Crippen LogP contribution >= 0.6 is 0 Å². The smallest absolute Gasteiger partial charge is 0.0651 e. The van der Waals surface area contributed by atoms with E-state index >= 15 is 0 Å². The highest BCUT2D eigenvalue weighted by Crippen LogP contribution is 2.64. The molecule has 2 bridgehead atoms. The van der Waals surface area contributed by atoms with Gasteiger partial charge in [-0.25, -0.2) is 0 Å². The fraction of sp³-hybridized carbons (Fsp3) is 0.300. The molecular weight excluding hydrogens is 268 g/mol. The van der Waals surface area contributed by atoms with Crippen LogP contribution in [-0.2, 0) is 0 Å².